The first kappa shape index (κ1) is 28.2. The number of aromatic nitrogens is 4. The summed E-state index contributed by atoms with van der Waals surface area (Å²) in [7, 11) is -1.10. The Morgan fingerprint density at radius 2 is 1.85 bits per heavy atom. The smallest absolute Gasteiger partial charge is 0.229 e. The summed E-state index contributed by atoms with van der Waals surface area (Å²) < 4.78 is 25.0. The molecule has 0 radical (unpaired) electrons. The topological polar surface area (TPSA) is 126 Å². The molecular weight excluding hydrogens is 595 g/mol. The lowest BCUT2D eigenvalue weighted by molar-refractivity contribution is 0.0398. The highest BCUT2D eigenvalue weighted by molar-refractivity contribution is 9.10. The molecule has 1 aliphatic rings. The number of nitrogens with one attached hydrogen (secondary N) is 3. The zero-order chi connectivity index (χ0) is 28.1. The molecule has 2 aromatic carbocycles. The third kappa shape index (κ3) is 6.69. The summed E-state index contributed by atoms with van der Waals surface area (Å²) in [5, 5.41) is 10.7. The molecule has 5 rings (SSSR count). The summed E-state index contributed by atoms with van der Waals surface area (Å²) in [4.78, 5) is 20.3. The van der Waals surface area contributed by atoms with Crippen LogP contribution < -0.4 is 26.0 Å². The number of nitrogens with zero attached hydrogens (tertiary/aromatic N) is 5. The maximum atomic E-state index is 13.3. The Morgan fingerprint density at radius 3 is 2.62 bits per heavy atom. The van der Waals surface area contributed by atoms with Gasteiger partial charge < -0.3 is 30.0 Å². The predicted molar refractivity (Wildman–Crippen MR) is 164 cm³/mol. The predicted octanol–water partition coefficient (Wildman–Crippen LogP) is 4.67. The number of hydrogen-bond acceptors (Lipinski definition) is 11. The van der Waals surface area contributed by atoms with Crippen LogP contribution in [-0.2, 0) is 9.30 Å². The highest BCUT2D eigenvalue weighted by atomic mass is 79.9. The Hall–Kier alpha value is -3.31. The lowest BCUT2D eigenvalue weighted by atomic mass is 10.2. The third-order valence-electron chi connectivity index (χ3n) is 6.46. The number of hydrogen-bond donors (Lipinski definition) is 3. The zero-order valence-electron chi connectivity index (χ0n) is 22.6. The van der Waals surface area contributed by atoms with E-state index in [9.17, 15) is 4.57 Å². The second-order valence-corrected chi connectivity index (χ2v) is 13.7. The van der Waals surface area contributed by atoms with Crippen LogP contribution in [0.4, 0.5) is 28.8 Å². The second-order valence-electron chi connectivity index (χ2n) is 9.67. The minimum atomic E-state index is -2.73. The lowest BCUT2D eigenvalue weighted by Crippen LogP contribution is -2.39. The van der Waals surface area contributed by atoms with Gasteiger partial charge in [0.2, 0.25) is 5.95 Å². The average molecular weight is 627 g/mol. The molecular formula is C27H32BrN8O3P. The van der Waals surface area contributed by atoms with E-state index >= 15 is 0 Å². The van der Waals surface area contributed by atoms with Gasteiger partial charge in [0.25, 0.3) is 0 Å². The van der Waals surface area contributed by atoms with Crippen molar-refractivity contribution in [1.29, 1.82) is 0 Å². The van der Waals surface area contributed by atoms with Crippen molar-refractivity contribution in [3.05, 3.63) is 53.4 Å². The van der Waals surface area contributed by atoms with Gasteiger partial charge in [0.1, 0.15) is 24.2 Å². The average Bonchev–Trinajstić information content (AvgIpc) is 2.95. The summed E-state index contributed by atoms with van der Waals surface area (Å²) in [6.45, 7) is 8.67. The third-order valence-corrected chi connectivity index (χ3v) is 8.57. The van der Waals surface area contributed by atoms with Crippen LogP contribution in [0.2, 0.25) is 0 Å². The quantitative estimate of drug-likeness (QED) is 0.213. The van der Waals surface area contributed by atoms with Gasteiger partial charge in [0, 0.05) is 50.5 Å². The van der Waals surface area contributed by atoms with E-state index in [1.165, 1.54) is 0 Å². The molecule has 0 spiro atoms. The summed E-state index contributed by atoms with van der Waals surface area (Å²) in [5.74, 6) is 1.54. The van der Waals surface area contributed by atoms with Crippen molar-refractivity contribution in [2.24, 2.45) is 0 Å². The fourth-order valence-corrected chi connectivity index (χ4v) is 6.21. The van der Waals surface area contributed by atoms with E-state index in [0.717, 1.165) is 50.8 Å². The molecule has 11 nitrogen and oxygen atoms in total. The number of methoxy groups -OCH3 is 1. The maximum absolute atomic E-state index is 13.3. The molecule has 1 saturated heterocycles. The van der Waals surface area contributed by atoms with Crippen molar-refractivity contribution < 1.29 is 14.0 Å². The van der Waals surface area contributed by atoms with E-state index in [4.69, 9.17) is 14.5 Å². The number of rotatable bonds is 10. The van der Waals surface area contributed by atoms with Crippen LogP contribution in [0.15, 0.2) is 53.4 Å². The van der Waals surface area contributed by atoms with Gasteiger partial charge >= 0.3 is 0 Å². The lowest BCUT2D eigenvalue weighted by Gasteiger charge is -2.26. The monoisotopic (exact) mass is 626 g/mol. The van der Waals surface area contributed by atoms with E-state index in [0.29, 0.717) is 44.0 Å². The van der Waals surface area contributed by atoms with Crippen molar-refractivity contribution in [3.63, 3.8) is 0 Å². The molecule has 2 aromatic heterocycles. The largest absolute Gasteiger partial charge is 0.495 e. The molecule has 210 valence electrons. The first-order valence-electron chi connectivity index (χ1n) is 12.9. The van der Waals surface area contributed by atoms with Gasteiger partial charge in [-0.1, -0.05) is 0 Å². The molecule has 1 fully saturated rings. The van der Waals surface area contributed by atoms with Crippen molar-refractivity contribution in [3.8, 4) is 5.75 Å². The first-order valence-corrected chi connectivity index (χ1v) is 16.3. The Kier molecular flexibility index (Phi) is 8.80. The Bertz CT molecular complexity index is 1540. The van der Waals surface area contributed by atoms with Crippen LogP contribution in [0.3, 0.4) is 0 Å². The highest BCUT2D eigenvalue weighted by Crippen LogP contribution is 2.41. The number of halogens is 1. The molecule has 0 bridgehead atoms. The van der Waals surface area contributed by atoms with E-state index in [1.807, 2.05) is 30.3 Å². The van der Waals surface area contributed by atoms with Crippen LogP contribution in [0.1, 0.15) is 0 Å². The Labute approximate surface area is 241 Å². The van der Waals surface area contributed by atoms with Gasteiger partial charge in [-0.3, -0.25) is 14.9 Å². The van der Waals surface area contributed by atoms with Gasteiger partial charge in [-0.15, -0.1) is 0 Å². The summed E-state index contributed by atoms with van der Waals surface area (Å²) in [6.07, 6.45) is 4.89. The van der Waals surface area contributed by atoms with E-state index < -0.39 is 7.14 Å². The SMILES string of the molecule is COc1ccc(NCCN2CCOCC2)cc1Nc1ncc(Br)c(Nc2ccc3nccnc3c2P(C)(C)=O)n1. The molecule has 0 unspecified atom stereocenters. The van der Waals surface area contributed by atoms with Crippen molar-refractivity contribution in [1.82, 2.24) is 24.8 Å². The van der Waals surface area contributed by atoms with Gasteiger partial charge in [0.15, 0.2) is 0 Å². The van der Waals surface area contributed by atoms with Gasteiger partial charge in [0.05, 0.1) is 47.0 Å². The molecule has 0 atom stereocenters. The highest BCUT2D eigenvalue weighted by Gasteiger charge is 2.22. The van der Waals surface area contributed by atoms with E-state index in [-0.39, 0.29) is 0 Å². The van der Waals surface area contributed by atoms with Gasteiger partial charge in [-0.2, -0.15) is 4.98 Å². The number of morpholine rings is 1. The minimum Gasteiger partial charge on any atom is -0.495 e. The molecule has 0 amide bonds. The molecule has 13 heteroatoms. The Balaban J connectivity index is 1.37. The number of anilines is 5. The molecule has 3 N–H and O–H groups in total. The van der Waals surface area contributed by atoms with Crippen molar-refractivity contribution >= 4 is 68.2 Å². The van der Waals surface area contributed by atoms with Gasteiger partial charge in [-0.05, 0) is 59.6 Å². The molecule has 0 aliphatic carbocycles. The van der Waals surface area contributed by atoms with E-state index in [2.05, 4.69) is 51.7 Å². The number of fused-ring (bicyclic) bond motifs is 1. The van der Waals surface area contributed by atoms with Crippen LogP contribution in [0, 0.1) is 0 Å². The molecule has 0 saturated carbocycles. The zero-order valence-corrected chi connectivity index (χ0v) is 25.1. The van der Waals surface area contributed by atoms with Crippen LogP contribution in [0.25, 0.3) is 11.0 Å². The first-order chi connectivity index (χ1) is 19.3. The fraction of sp³-hybridized carbons (Fsp3) is 0.333. The van der Waals surface area contributed by atoms with Crippen molar-refractivity contribution in [2.75, 3.05) is 75.8 Å². The Morgan fingerprint density at radius 1 is 1.05 bits per heavy atom. The number of benzene rings is 2. The summed E-state index contributed by atoms with van der Waals surface area (Å²) in [6, 6.07) is 9.56. The summed E-state index contributed by atoms with van der Waals surface area (Å²) >= 11 is 3.54. The molecule has 4 aromatic rings. The van der Waals surface area contributed by atoms with Crippen LogP contribution in [0.5, 0.6) is 5.75 Å². The standard InChI is InChI=1S/C27H32BrN8O3P/c1-38-23-7-4-18(29-10-11-36-12-14-39-15-13-36)16-22(23)34-27-32-17-19(28)26(35-27)33-21-6-5-20-24(31-9-8-30-20)25(21)40(2,3)37/h4-9,16-17,29H,10-15H2,1-3H3,(H2,32,33,34,35). The normalized spacial score (nSPS) is 14.2. The maximum Gasteiger partial charge on any atom is 0.229 e. The van der Waals surface area contributed by atoms with Crippen LogP contribution in [-0.4, -0.2) is 84.7 Å². The van der Waals surface area contributed by atoms with Gasteiger partial charge in [-0.25, -0.2) is 4.98 Å². The molecule has 1 aliphatic heterocycles. The number of ether oxygens (including phenoxy) is 2. The van der Waals surface area contributed by atoms with Crippen LogP contribution >= 0.6 is 23.1 Å². The molecule has 40 heavy (non-hydrogen) atoms. The molecule has 3 heterocycles. The van der Waals surface area contributed by atoms with Crippen molar-refractivity contribution in [2.45, 2.75) is 0 Å². The fourth-order valence-electron chi connectivity index (χ4n) is 4.53. The van der Waals surface area contributed by atoms with E-state index in [1.54, 1.807) is 39.0 Å². The second kappa shape index (κ2) is 12.5. The minimum absolute atomic E-state index is 0.368. The summed E-state index contributed by atoms with van der Waals surface area (Å²) in [5.41, 5.74) is 3.61.